The molecule has 3 rings (SSSR count). The van der Waals surface area contributed by atoms with Gasteiger partial charge in [0.25, 0.3) is 0 Å². The van der Waals surface area contributed by atoms with Crippen molar-refractivity contribution in [2.24, 2.45) is 0 Å². The average Bonchev–Trinajstić information content (AvgIpc) is 2.93. The third-order valence-electron chi connectivity index (χ3n) is 2.69. The number of likely N-dealkylation sites (tertiary alicyclic amines) is 1. The summed E-state index contributed by atoms with van der Waals surface area (Å²) in [6.07, 6.45) is 1.11. The van der Waals surface area contributed by atoms with Gasteiger partial charge in [0.05, 0.1) is 12.4 Å². The second-order valence-corrected chi connectivity index (χ2v) is 4.07. The molecule has 18 heavy (non-hydrogen) atoms. The van der Waals surface area contributed by atoms with Crippen LogP contribution in [0.2, 0.25) is 0 Å². The predicted octanol–water partition coefficient (Wildman–Crippen LogP) is -0.864. The first-order valence-corrected chi connectivity index (χ1v) is 5.50. The van der Waals surface area contributed by atoms with E-state index in [2.05, 4.69) is 15.4 Å². The number of amides is 1. The van der Waals surface area contributed by atoms with Gasteiger partial charge in [-0.2, -0.15) is 4.80 Å². The topological polar surface area (TPSA) is 97.3 Å². The highest BCUT2D eigenvalue weighted by molar-refractivity contribution is 5.76. The first kappa shape index (κ1) is 10.9. The molecule has 0 atom stereocenters. The SMILES string of the molecule is O=C(Cn1nnc(-c2ccco2)n1)N1CC(O)C1. The van der Waals surface area contributed by atoms with Gasteiger partial charge in [0.15, 0.2) is 5.76 Å². The standard InChI is InChI=1S/C10H11N5O3/c16-7-4-14(5-7)9(17)6-15-12-10(11-13-15)8-2-1-3-18-8/h1-3,7,16H,4-6H2. The maximum Gasteiger partial charge on any atom is 0.246 e. The van der Waals surface area contributed by atoms with Gasteiger partial charge in [-0.1, -0.05) is 0 Å². The molecule has 1 aliphatic rings. The first-order valence-electron chi connectivity index (χ1n) is 5.50. The number of hydrogen-bond acceptors (Lipinski definition) is 6. The number of aliphatic hydroxyl groups excluding tert-OH is 1. The molecule has 0 spiro atoms. The minimum absolute atomic E-state index is 0.0143. The van der Waals surface area contributed by atoms with Crippen molar-refractivity contribution in [1.82, 2.24) is 25.1 Å². The second kappa shape index (κ2) is 4.22. The van der Waals surface area contributed by atoms with E-state index in [1.54, 1.807) is 17.0 Å². The Kier molecular flexibility index (Phi) is 2.56. The average molecular weight is 249 g/mol. The van der Waals surface area contributed by atoms with Gasteiger partial charge in [-0.25, -0.2) is 0 Å². The van der Waals surface area contributed by atoms with Crippen LogP contribution in [0.3, 0.4) is 0 Å². The Labute approximate surface area is 102 Å². The van der Waals surface area contributed by atoms with Crippen LogP contribution in [0, 0.1) is 0 Å². The summed E-state index contributed by atoms with van der Waals surface area (Å²) in [4.78, 5) is 14.5. The predicted molar refractivity (Wildman–Crippen MR) is 58.1 cm³/mol. The zero-order chi connectivity index (χ0) is 12.5. The number of nitrogens with zero attached hydrogens (tertiary/aromatic N) is 5. The minimum Gasteiger partial charge on any atom is -0.461 e. The lowest BCUT2D eigenvalue weighted by molar-refractivity contribution is -0.142. The molecule has 2 aromatic rings. The smallest absolute Gasteiger partial charge is 0.246 e. The van der Waals surface area contributed by atoms with Crippen LogP contribution >= 0.6 is 0 Å². The van der Waals surface area contributed by atoms with Gasteiger partial charge in [-0.15, -0.1) is 10.2 Å². The van der Waals surface area contributed by atoms with E-state index in [-0.39, 0.29) is 12.5 Å². The Morgan fingerprint density at radius 1 is 1.56 bits per heavy atom. The molecule has 94 valence electrons. The van der Waals surface area contributed by atoms with Crippen LogP contribution in [0.1, 0.15) is 0 Å². The van der Waals surface area contributed by atoms with Crippen molar-refractivity contribution in [3.63, 3.8) is 0 Å². The van der Waals surface area contributed by atoms with Crippen LogP contribution in [0.5, 0.6) is 0 Å². The highest BCUT2D eigenvalue weighted by Gasteiger charge is 2.29. The number of aromatic nitrogens is 4. The fourth-order valence-corrected chi connectivity index (χ4v) is 1.69. The fourth-order valence-electron chi connectivity index (χ4n) is 1.69. The number of rotatable bonds is 3. The van der Waals surface area contributed by atoms with E-state index in [0.717, 1.165) is 0 Å². The highest BCUT2D eigenvalue weighted by atomic mass is 16.3. The third-order valence-corrected chi connectivity index (χ3v) is 2.69. The summed E-state index contributed by atoms with van der Waals surface area (Å²) in [5.41, 5.74) is 0. The van der Waals surface area contributed by atoms with Crippen LogP contribution in [0.4, 0.5) is 0 Å². The number of tetrazole rings is 1. The molecule has 0 bridgehead atoms. The molecule has 1 aliphatic heterocycles. The number of carbonyl (C=O) groups is 1. The van der Waals surface area contributed by atoms with Crippen molar-refractivity contribution in [1.29, 1.82) is 0 Å². The summed E-state index contributed by atoms with van der Waals surface area (Å²) in [5.74, 6) is 0.716. The van der Waals surface area contributed by atoms with Crippen LogP contribution < -0.4 is 0 Å². The molecule has 0 unspecified atom stereocenters. The summed E-state index contributed by atoms with van der Waals surface area (Å²) >= 11 is 0. The van der Waals surface area contributed by atoms with E-state index in [4.69, 9.17) is 9.52 Å². The van der Waals surface area contributed by atoms with Gasteiger partial charge in [-0.05, 0) is 17.3 Å². The highest BCUT2D eigenvalue weighted by Crippen LogP contribution is 2.13. The van der Waals surface area contributed by atoms with Crippen LogP contribution in [-0.2, 0) is 11.3 Å². The summed E-state index contributed by atoms with van der Waals surface area (Å²) in [7, 11) is 0. The van der Waals surface area contributed by atoms with Gasteiger partial charge in [-0.3, -0.25) is 4.79 Å². The number of β-amino-alcohol motifs (C(OH)–C–C–N with tert-alkyl or cyclic N) is 1. The summed E-state index contributed by atoms with van der Waals surface area (Å²) < 4.78 is 5.12. The van der Waals surface area contributed by atoms with Gasteiger partial charge >= 0.3 is 0 Å². The number of aliphatic hydroxyl groups is 1. The van der Waals surface area contributed by atoms with E-state index < -0.39 is 6.10 Å². The molecule has 1 N–H and O–H groups in total. The molecular weight excluding hydrogens is 238 g/mol. The lowest BCUT2D eigenvalue weighted by atomic mass is 10.2. The Morgan fingerprint density at radius 2 is 2.39 bits per heavy atom. The van der Waals surface area contributed by atoms with Crippen LogP contribution in [-0.4, -0.2) is 55.3 Å². The third kappa shape index (κ3) is 1.97. The molecule has 0 aromatic carbocycles. The fraction of sp³-hybridized carbons (Fsp3) is 0.400. The zero-order valence-corrected chi connectivity index (χ0v) is 9.43. The monoisotopic (exact) mass is 249 g/mol. The van der Waals surface area contributed by atoms with Crippen molar-refractivity contribution in [2.75, 3.05) is 13.1 Å². The second-order valence-electron chi connectivity index (χ2n) is 4.07. The Balaban J connectivity index is 1.65. The van der Waals surface area contributed by atoms with E-state index in [9.17, 15) is 4.79 Å². The zero-order valence-electron chi connectivity index (χ0n) is 9.43. The van der Waals surface area contributed by atoms with Crippen LogP contribution in [0.15, 0.2) is 22.8 Å². The van der Waals surface area contributed by atoms with Crippen molar-refractivity contribution >= 4 is 5.91 Å². The molecular formula is C10H11N5O3. The maximum absolute atomic E-state index is 11.7. The van der Waals surface area contributed by atoms with E-state index in [1.807, 2.05) is 0 Å². The van der Waals surface area contributed by atoms with Crippen molar-refractivity contribution in [2.45, 2.75) is 12.6 Å². The Hall–Kier alpha value is -2.22. The molecule has 1 fully saturated rings. The Bertz CT molecular complexity index is 544. The number of hydrogen-bond donors (Lipinski definition) is 1. The number of carbonyl (C=O) groups excluding carboxylic acids is 1. The summed E-state index contributed by atoms with van der Waals surface area (Å²) in [5, 5.41) is 20.7. The number of furan rings is 1. The maximum atomic E-state index is 11.7. The molecule has 3 heterocycles. The van der Waals surface area contributed by atoms with Crippen molar-refractivity contribution < 1.29 is 14.3 Å². The van der Waals surface area contributed by atoms with Crippen molar-refractivity contribution in [3.8, 4) is 11.6 Å². The summed E-state index contributed by atoms with van der Waals surface area (Å²) in [6.45, 7) is 0.761. The lowest BCUT2D eigenvalue weighted by Crippen LogP contribution is -2.54. The van der Waals surface area contributed by atoms with Gasteiger partial charge in [0, 0.05) is 13.1 Å². The van der Waals surface area contributed by atoms with Gasteiger partial charge in [0.2, 0.25) is 11.7 Å². The normalized spacial score (nSPS) is 15.7. The molecule has 8 nitrogen and oxygen atoms in total. The quantitative estimate of drug-likeness (QED) is 0.760. The molecule has 1 amide bonds. The first-order chi connectivity index (χ1) is 8.72. The minimum atomic E-state index is -0.406. The summed E-state index contributed by atoms with van der Waals surface area (Å²) in [6, 6.07) is 3.44. The molecule has 0 saturated carbocycles. The van der Waals surface area contributed by atoms with Gasteiger partial charge < -0.3 is 14.4 Å². The van der Waals surface area contributed by atoms with Crippen LogP contribution in [0.25, 0.3) is 11.6 Å². The van der Waals surface area contributed by atoms with E-state index >= 15 is 0 Å². The largest absolute Gasteiger partial charge is 0.461 e. The lowest BCUT2D eigenvalue weighted by Gasteiger charge is -2.35. The molecule has 1 saturated heterocycles. The Morgan fingerprint density at radius 3 is 3.06 bits per heavy atom. The van der Waals surface area contributed by atoms with Gasteiger partial charge in [0.1, 0.15) is 6.54 Å². The molecule has 2 aromatic heterocycles. The van der Waals surface area contributed by atoms with E-state index in [0.29, 0.717) is 24.7 Å². The van der Waals surface area contributed by atoms with E-state index in [1.165, 1.54) is 11.1 Å². The molecule has 0 aliphatic carbocycles. The molecule has 0 radical (unpaired) electrons. The van der Waals surface area contributed by atoms with Crippen molar-refractivity contribution in [3.05, 3.63) is 18.4 Å². The molecule has 8 heteroatoms.